The molecule has 0 aromatic carbocycles. The Bertz CT molecular complexity index is 492. The summed E-state index contributed by atoms with van der Waals surface area (Å²) in [6.45, 7) is 4.55. The van der Waals surface area contributed by atoms with Crippen LogP contribution in [0.3, 0.4) is 0 Å². The molecule has 0 aliphatic carbocycles. The molecule has 0 radical (unpaired) electrons. The monoisotopic (exact) mass is 291 g/mol. The third-order valence-corrected chi connectivity index (χ3v) is 5.39. The third kappa shape index (κ3) is 2.60. The highest BCUT2D eigenvalue weighted by Crippen LogP contribution is 2.32. The van der Waals surface area contributed by atoms with Crippen LogP contribution in [-0.2, 0) is 0 Å². The van der Waals surface area contributed by atoms with Crippen molar-refractivity contribution in [2.24, 2.45) is 0 Å². The molecule has 2 fully saturated rings. The van der Waals surface area contributed by atoms with Crippen molar-refractivity contribution in [2.45, 2.75) is 38.1 Å². The molecule has 5 nitrogen and oxygen atoms in total. The quantitative estimate of drug-likeness (QED) is 0.903. The average Bonchev–Trinajstić information content (AvgIpc) is 2.89. The molecular formula is C14H21N5S. The second-order valence-corrected chi connectivity index (χ2v) is 6.43. The van der Waals surface area contributed by atoms with Crippen LogP contribution in [0.25, 0.3) is 0 Å². The van der Waals surface area contributed by atoms with Gasteiger partial charge in [0.2, 0.25) is 0 Å². The molecule has 2 N–H and O–H groups in total. The summed E-state index contributed by atoms with van der Waals surface area (Å²) in [5, 5.41) is 10.1. The van der Waals surface area contributed by atoms with Gasteiger partial charge in [-0.25, -0.2) is 0 Å². The van der Waals surface area contributed by atoms with Crippen LogP contribution in [0.2, 0.25) is 0 Å². The highest BCUT2D eigenvalue weighted by atomic mass is 32.1. The predicted molar refractivity (Wildman–Crippen MR) is 81.9 cm³/mol. The number of nitrogen functional groups attached to an aromatic ring is 1. The number of rotatable bonds is 2. The second-order valence-electron chi connectivity index (χ2n) is 5.67. The molecule has 3 rings (SSSR count). The molecule has 0 spiro atoms. The SMILES string of the molecule is N#Cc1c(N)nsc1N1CCC(N2CCCCC2)CC1. The van der Waals surface area contributed by atoms with Crippen molar-refractivity contribution in [3.63, 3.8) is 0 Å². The van der Waals surface area contributed by atoms with E-state index in [1.165, 1.54) is 56.7 Å². The fourth-order valence-electron chi connectivity index (χ4n) is 3.33. The van der Waals surface area contributed by atoms with Crippen LogP contribution in [0.1, 0.15) is 37.7 Å². The van der Waals surface area contributed by atoms with Crippen LogP contribution in [0.5, 0.6) is 0 Å². The van der Waals surface area contributed by atoms with Crippen LogP contribution < -0.4 is 10.6 Å². The standard InChI is InChI=1S/C14H21N5S/c15-10-12-13(16)17-20-14(12)19-8-4-11(5-9-19)18-6-2-1-3-7-18/h11H,1-9H2,(H2,16,17). The predicted octanol–water partition coefficient (Wildman–Crippen LogP) is 2.05. The normalized spacial score (nSPS) is 21.9. The van der Waals surface area contributed by atoms with Gasteiger partial charge in [0.15, 0.2) is 5.82 Å². The number of nitrogens with zero attached hydrogens (tertiary/aromatic N) is 4. The van der Waals surface area contributed by atoms with Crippen molar-refractivity contribution in [3.05, 3.63) is 5.56 Å². The molecule has 20 heavy (non-hydrogen) atoms. The number of anilines is 2. The van der Waals surface area contributed by atoms with E-state index in [9.17, 15) is 5.26 Å². The first-order valence-electron chi connectivity index (χ1n) is 7.44. The molecule has 0 unspecified atom stereocenters. The fraction of sp³-hybridized carbons (Fsp3) is 0.714. The Morgan fingerprint density at radius 3 is 2.50 bits per heavy atom. The third-order valence-electron chi connectivity index (χ3n) is 4.47. The summed E-state index contributed by atoms with van der Waals surface area (Å²) in [6, 6.07) is 2.91. The van der Waals surface area contributed by atoms with Crippen LogP contribution in [0.4, 0.5) is 10.8 Å². The number of hydrogen-bond donors (Lipinski definition) is 1. The molecule has 0 saturated carbocycles. The highest BCUT2D eigenvalue weighted by Gasteiger charge is 2.27. The number of aromatic nitrogens is 1. The number of piperidine rings is 2. The van der Waals surface area contributed by atoms with E-state index in [4.69, 9.17) is 5.73 Å². The lowest BCUT2D eigenvalue weighted by atomic mass is 10.00. The number of hydrogen-bond acceptors (Lipinski definition) is 6. The smallest absolute Gasteiger partial charge is 0.157 e. The summed E-state index contributed by atoms with van der Waals surface area (Å²) >= 11 is 1.36. The van der Waals surface area contributed by atoms with Crippen LogP contribution in [-0.4, -0.2) is 41.5 Å². The number of nitrogens with two attached hydrogens (primary N) is 1. The Labute approximate surface area is 124 Å². The van der Waals surface area contributed by atoms with Gasteiger partial charge in [-0.05, 0) is 50.3 Å². The van der Waals surface area contributed by atoms with Gasteiger partial charge in [-0.2, -0.15) is 9.64 Å². The minimum atomic E-state index is 0.380. The first-order chi connectivity index (χ1) is 9.79. The van der Waals surface area contributed by atoms with Gasteiger partial charge in [-0.1, -0.05) is 6.42 Å². The fourth-order valence-corrected chi connectivity index (χ4v) is 4.15. The molecule has 6 heteroatoms. The molecule has 2 saturated heterocycles. The Morgan fingerprint density at radius 2 is 1.85 bits per heavy atom. The second kappa shape index (κ2) is 5.98. The van der Waals surface area contributed by atoms with Crippen molar-refractivity contribution >= 4 is 22.4 Å². The lowest BCUT2D eigenvalue weighted by molar-refractivity contribution is 0.141. The van der Waals surface area contributed by atoms with E-state index in [0.717, 1.165) is 24.1 Å². The summed E-state index contributed by atoms with van der Waals surface area (Å²) in [5.74, 6) is 0.380. The molecule has 0 bridgehead atoms. The van der Waals surface area contributed by atoms with Gasteiger partial charge in [0.1, 0.15) is 16.6 Å². The summed E-state index contributed by atoms with van der Waals surface area (Å²) in [5.41, 5.74) is 6.31. The molecule has 0 atom stereocenters. The molecule has 1 aromatic rings. The summed E-state index contributed by atoms with van der Waals surface area (Å²) in [7, 11) is 0. The van der Waals surface area contributed by atoms with E-state index >= 15 is 0 Å². The zero-order valence-electron chi connectivity index (χ0n) is 11.7. The maximum absolute atomic E-state index is 9.18. The molecule has 1 aromatic heterocycles. The van der Waals surface area contributed by atoms with E-state index in [1.807, 2.05) is 0 Å². The van der Waals surface area contributed by atoms with Crippen LogP contribution >= 0.6 is 11.5 Å². The van der Waals surface area contributed by atoms with Crippen molar-refractivity contribution in [3.8, 4) is 6.07 Å². The summed E-state index contributed by atoms with van der Waals surface area (Å²) < 4.78 is 4.12. The zero-order chi connectivity index (χ0) is 13.9. The maximum Gasteiger partial charge on any atom is 0.157 e. The zero-order valence-corrected chi connectivity index (χ0v) is 12.5. The van der Waals surface area contributed by atoms with Gasteiger partial charge in [0.05, 0.1) is 0 Å². The Morgan fingerprint density at radius 1 is 1.15 bits per heavy atom. The first-order valence-corrected chi connectivity index (χ1v) is 8.21. The molecule has 3 heterocycles. The molecule has 0 amide bonds. The Balaban J connectivity index is 1.62. The minimum Gasteiger partial charge on any atom is -0.382 e. The van der Waals surface area contributed by atoms with Gasteiger partial charge in [0.25, 0.3) is 0 Å². The summed E-state index contributed by atoms with van der Waals surface area (Å²) in [4.78, 5) is 4.94. The Hall–Kier alpha value is -1.32. The first kappa shape index (κ1) is 13.7. The number of nitriles is 1. The van der Waals surface area contributed by atoms with Crippen LogP contribution in [0.15, 0.2) is 0 Å². The van der Waals surface area contributed by atoms with Crippen molar-refractivity contribution in [1.82, 2.24) is 9.27 Å². The summed E-state index contributed by atoms with van der Waals surface area (Å²) in [6.07, 6.45) is 6.46. The van der Waals surface area contributed by atoms with Crippen LogP contribution in [0, 0.1) is 11.3 Å². The lowest BCUT2D eigenvalue weighted by Gasteiger charge is -2.40. The largest absolute Gasteiger partial charge is 0.382 e. The van der Waals surface area contributed by atoms with Gasteiger partial charge in [-0.15, -0.1) is 0 Å². The van der Waals surface area contributed by atoms with Gasteiger partial charge in [0, 0.05) is 19.1 Å². The van der Waals surface area contributed by atoms with E-state index < -0.39 is 0 Å². The topological polar surface area (TPSA) is 69.2 Å². The van der Waals surface area contributed by atoms with E-state index in [2.05, 4.69) is 20.2 Å². The van der Waals surface area contributed by atoms with Crippen molar-refractivity contribution in [1.29, 1.82) is 5.26 Å². The molecule has 2 aliphatic heterocycles. The molecular weight excluding hydrogens is 270 g/mol. The van der Waals surface area contributed by atoms with Gasteiger partial charge >= 0.3 is 0 Å². The maximum atomic E-state index is 9.18. The molecule has 2 aliphatic rings. The minimum absolute atomic E-state index is 0.380. The van der Waals surface area contributed by atoms with E-state index in [-0.39, 0.29) is 0 Å². The molecule has 108 valence electrons. The van der Waals surface area contributed by atoms with E-state index in [0.29, 0.717) is 11.4 Å². The van der Waals surface area contributed by atoms with Crippen molar-refractivity contribution < 1.29 is 0 Å². The highest BCUT2D eigenvalue weighted by molar-refractivity contribution is 7.10. The number of likely N-dealkylation sites (tertiary alicyclic amines) is 1. The Kier molecular flexibility index (Phi) is 4.08. The van der Waals surface area contributed by atoms with E-state index in [1.54, 1.807) is 0 Å². The van der Waals surface area contributed by atoms with Crippen molar-refractivity contribution in [2.75, 3.05) is 36.8 Å². The van der Waals surface area contributed by atoms with Gasteiger partial charge in [-0.3, -0.25) is 0 Å². The average molecular weight is 291 g/mol. The lowest BCUT2D eigenvalue weighted by Crippen LogP contribution is -2.46. The van der Waals surface area contributed by atoms with Gasteiger partial charge < -0.3 is 15.5 Å².